The molecule has 0 aliphatic carbocycles. The van der Waals surface area contributed by atoms with Crippen molar-refractivity contribution in [2.45, 2.75) is 18.6 Å². The highest BCUT2D eigenvalue weighted by Crippen LogP contribution is 2.27. The number of carbonyl (C=O) groups is 1. The number of aryl methyl sites for hydroxylation is 1. The number of aromatic nitrogens is 4. The van der Waals surface area contributed by atoms with Crippen LogP contribution in [-0.4, -0.2) is 30.0 Å². The highest BCUT2D eigenvalue weighted by Gasteiger charge is 2.27. The minimum atomic E-state index is -0.300. The molecule has 1 unspecified atom stereocenters. The summed E-state index contributed by atoms with van der Waals surface area (Å²) in [6, 6.07) is 5.50. The van der Waals surface area contributed by atoms with Gasteiger partial charge in [-0.3, -0.25) is 14.2 Å². The Labute approximate surface area is 145 Å². The minimum Gasteiger partial charge on any atom is -0.324 e. The smallest absolute Gasteiger partial charge is 0.257 e. The van der Waals surface area contributed by atoms with E-state index in [4.69, 9.17) is 0 Å². The normalized spacial score (nSPS) is 16.8. The summed E-state index contributed by atoms with van der Waals surface area (Å²) in [6.07, 6.45) is 1.58. The third-order valence-electron chi connectivity index (χ3n) is 3.91. The van der Waals surface area contributed by atoms with Crippen molar-refractivity contribution in [3.8, 4) is 0 Å². The van der Waals surface area contributed by atoms with E-state index in [1.165, 1.54) is 11.8 Å². The van der Waals surface area contributed by atoms with Gasteiger partial charge in [-0.05, 0) is 19.1 Å². The molecule has 1 atom stereocenters. The fraction of sp³-hybridized carbons (Fsp3) is 0.267. The topological polar surface area (TPSA) is 89.8 Å². The van der Waals surface area contributed by atoms with Gasteiger partial charge in [-0.2, -0.15) is 8.75 Å². The molecule has 3 heterocycles. The molecule has 0 radical (unpaired) electrons. The van der Waals surface area contributed by atoms with E-state index in [-0.39, 0.29) is 17.4 Å². The second kappa shape index (κ2) is 5.99. The summed E-state index contributed by atoms with van der Waals surface area (Å²) in [5.74, 6) is 0.166. The van der Waals surface area contributed by atoms with Crippen LogP contribution in [0.2, 0.25) is 0 Å². The lowest BCUT2D eigenvalue weighted by Gasteiger charge is -2.24. The molecule has 0 saturated carbocycles. The van der Waals surface area contributed by atoms with Gasteiger partial charge in [-0.15, -0.1) is 0 Å². The largest absolute Gasteiger partial charge is 0.324 e. The van der Waals surface area contributed by atoms with E-state index >= 15 is 0 Å². The average molecular weight is 359 g/mol. The van der Waals surface area contributed by atoms with Crippen molar-refractivity contribution in [1.82, 2.24) is 18.3 Å². The Morgan fingerprint density at radius 2 is 2.25 bits per heavy atom. The maximum absolute atomic E-state index is 12.6. The zero-order valence-electron chi connectivity index (χ0n) is 12.7. The molecule has 1 aliphatic heterocycles. The third kappa shape index (κ3) is 2.59. The first-order chi connectivity index (χ1) is 11.6. The lowest BCUT2D eigenvalue weighted by Crippen LogP contribution is -2.37. The lowest BCUT2D eigenvalue weighted by molar-refractivity contribution is -0.119. The van der Waals surface area contributed by atoms with E-state index < -0.39 is 0 Å². The van der Waals surface area contributed by atoms with Gasteiger partial charge in [0, 0.05) is 24.1 Å². The summed E-state index contributed by atoms with van der Waals surface area (Å²) in [4.78, 5) is 29.1. The van der Waals surface area contributed by atoms with Crippen LogP contribution in [0.5, 0.6) is 0 Å². The standard InChI is InChI=1S/C15H13N5O2S2/c1-8-5-16-15-20(14(8)22)6-9(7-23-15)13(21)17-10-3-2-4-11-12(10)19-24-18-11/h2-5,9H,6-7H2,1H3,(H,17,21). The van der Waals surface area contributed by atoms with E-state index in [1.54, 1.807) is 17.7 Å². The molecule has 1 N–H and O–H groups in total. The number of thioether (sulfide) groups is 1. The van der Waals surface area contributed by atoms with Crippen molar-refractivity contribution in [3.05, 3.63) is 40.3 Å². The third-order valence-corrected chi connectivity index (χ3v) is 5.61. The Morgan fingerprint density at radius 3 is 3.12 bits per heavy atom. The summed E-state index contributed by atoms with van der Waals surface area (Å²) in [5, 5.41) is 3.59. The van der Waals surface area contributed by atoms with Crippen molar-refractivity contribution >= 4 is 46.1 Å². The van der Waals surface area contributed by atoms with E-state index in [0.29, 0.717) is 34.2 Å². The van der Waals surface area contributed by atoms with Crippen LogP contribution in [0.25, 0.3) is 11.0 Å². The van der Waals surface area contributed by atoms with Crippen LogP contribution in [0, 0.1) is 12.8 Å². The monoisotopic (exact) mass is 359 g/mol. The number of carbonyl (C=O) groups excluding carboxylic acids is 1. The first-order valence-electron chi connectivity index (χ1n) is 7.35. The fourth-order valence-electron chi connectivity index (χ4n) is 2.60. The van der Waals surface area contributed by atoms with Gasteiger partial charge in [0.15, 0.2) is 5.16 Å². The van der Waals surface area contributed by atoms with Gasteiger partial charge in [0.05, 0.1) is 23.3 Å². The van der Waals surface area contributed by atoms with Crippen LogP contribution in [0.3, 0.4) is 0 Å². The zero-order valence-corrected chi connectivity index (χ0v) is 14.4. The Morgan fingerprint density at radius 1 is 1.38 bits per heavy atom. The predicted octanol–water partition coefficient (Wildman–Crippen LogP) is 1.92. The molecule has 24 heavy (non-hydrogen) atoms. The van der Waals surface area contributed by atoms with Gasteiger partial charge in [-0.1, -0.05) is 17.8 Å². The summed E-state index contributed by atoms with van der Waals surface area (Å²) in [6.45, 7) is 2.07. The molecule has 1 aliphatic rings. The molecule has 4 rings (SSSR count). The van der Waals surface area contributed by atoms with Gasteiger partial charge in [-0.25, -0.2) is 4.98 Å². The molecule has 7 nitrogen and oxygen atoms in total. The Bertz CT molecular complexity index is 997. The average Bonchev–Trinajstić information content (AvgIpc) is 3.08. The van der Waals surface area contributed by atoms with Gasteiger partial charge < -0.3 is 5.32 Å². The number of hydrogen-bond donors (Lipinski definition) is 1. The molecular formula is C15H13N5O2S2. The van der Waals surface area contributed by atoms with Crippen molar-refractivity contribution in [2.75, 3.05) is 11.1 Å². The zero-order chi connectivity index (χ0) is 16.7. The second-order valence-corrected chi connectivity index (χ2v) is 7.09. The molecule has 1 aromatic carbocycles. The number of rotatable bonds is 2. The summed E-state index contributed by atoms with van der Waals surface area (Å²) in [7, 11) is 0. The highest BCUT2D eigenvalue weighted by atomic mass is 32.2. The lowest BCUT2D eigenvalue weighted by atomic mass is 10.1. The van der Waals surface area contributed by atoms with Crippen LogP contribution in [0.1, 0.15) is 5.56 Å². The summed E-state index contributed by atoms with van der Waals surface area (Å²) >= 11 is 2.54. The van der Waals surface area contributed by atoms with Crippen molar-refractivity contribution in [2.24, 2.45) is 5.92 Å². The number of nitrogens with one attached hydrogen (secondary N) is 1. The number of amides is 1. The van der Waals surface area contributed by atoms with Gasteiger partial charge in [0.2, 0.25) is 5.91 Å². The van der Waals surface area contributed by atoms with Crippen molar-refractivity contribution < 1.29 is 4.79 Å². The van der Waals surface area contributed by atoms with E-state index in [1.807, 2.05) is 18.2 Å². The molecule has 0 bridgehead atoms. The molecule has 2 aromatic heterocycles. The molecular weight excluding hydrogens is 346 g/mol. The number of hydrogen-bond acceptors (Lipinski definition) is 7. The molecule has 0 spiro atoms. The maximum atomic E-state index is 12.6. The predicted molar refractivity (Wildman–Crippen MR) is 93.5 cm³/mol. The van der Waals surface area contributed by atoms with E-state index in [9.17, 15) is 9.59 Å². The van der Waals surface area contributed by atoms with Gasteiger partial charge in [0.25, 0.3) is 5.56 Å². The maximum Gasteiger partial charge on any atom is 0.257 e. The molecule has 0 fully saturated rings. The van der Waals surface area contributed by atoms with E-state index in [2.05, 4.69) is 19.0 Å². The molecule has 0 saturated heterocycles. The number of nitrogens with zero attached hydrogens (tertiary/aromatic N) is 4. The second-order valence-electron chi connectivity index (χ2n) is 5.57. The molecule has 1 amide bonds. The first-order valence-corrected chi connectivity index (χ1v) is 9.06. The van der Waals surface area contributed by atoms with Gasteiger partial charge >= 0.3 is 0 Å². The fourth-order valence-corrected chi connectivity index (χ4v) is 4.20. The quantitative estimate of drug-likeness (QED) is 0.703. The van der Waals surface area contributed by atoms with Crippen molar-refractivity contribution in [3.63, 3.8) is 0 Å². The number of fused-ring (bicyclic) bond motifs is 2. The summed E-state index contributed by atoms with van der Waals surface area (Å²) in [5.41, 5.74) is 2.60. The Kier molecular flexibility index (Phi) is 3.81. The highest BCUT2D eigenvalue weighted by molar-refractivity contribution is 7.99. The van der Waals surface area contributed by atoms with E-state index in [0.717, 1.165) is 17.2 Å². The minimum absolute atomic E-state index is 0.0872. The van der Waals surface area contributed by atoms with Crippen LogP contribution in [-0.2, 0) is 11.3 Å². The Hall–Kier alpha value is -2.26. The van der Waals surface area contributed by atoms with Crippen LogP contribution in [0.4, 0.5) is 5.69 Å². The van der Waals surface area contributed by atoms with Crippen LogP contribution in [0.15, 0.2) is 34.3 Å². The van der Waals surface area contributed by atoms with Gasteiger partial charge in [0.1, 0.15) is 11.0 Å². The van der Waals surface area contributed by atoms with Crippen molar-refractivity contribution in [1.29, 1.82) is 0 Å². The SMILES string of the molecule is Cc1cnc2n(c1=O)CC(C(=O)Nc1cccc3nsnc13)CS2. The number of benzene rings is 1. The number of anilines is 1. The summed E-state index contributed by atoms with van der Waals surface area (Å²) < 4.78 is 9.98. The molecule has 122 valence electrons. The Balaban J connectivity index is 1.59. The van der Waals surface area contributed by atoms with Crippen LogP contribution < -0.4 is 10.9 Å². The van der Waals surface area contributed by atoms with Crippen LogP contribution >= 0.6 is 23.5 Å². The molecule has 3 aromatic rings. The first kappa shape index (κ1) is 15.3. The molecule has 9 heteroatoms.